The molecular weight excluding hydrogens is 222 g/mol. The molecule has 1 fully saturated rings. The van der Waals surface area contributed by atoms with Crippen molar-refractivity contribution >= 4 is 0 Å². The maximum Gasteiger partial charge on any atom is 0.123 e. The van der Waals surface area contributed by atoms with E-state index in [0.29, 0.717) is 6.04 Å². The van der Waals surface area contributed by atoms with E-state index >= 15 is 0 Å². The van der Waals surface area contributed by atoms with Crippen LogP contribution in [-0.2, 0) is 0 Å². The number of hydrogen-bond acceptors (Lipinski definition) is 2. The number of aryl methyl sites for hydroxylation is 1. The Morgan fingerprint density at radius 1 is 1.33 bits per heavy atom. The van der Waals surface area contributed by atoms with Gasteiger partial charge in [0.1, 0.15) is 5.75 Å². The standard InChI is InChI=1S/C16H25NO/c1-12-8-9-16(18-3)15(10-12)13(2)17-11-14-6-4-5-7-14/h8-10,13-14,17H,4-7,11H2,1-3H3. The van der Waals surface area contributed by atoms with E-state index in [2.05, 4.69) is 37.4 Å². The molecule has 0 bridgehead atoms. The van der Waals surface area contributed by atoms with Crippen molar-refractivity contribution < 1.29 is 4.74 Å². The Bertz CT molecular complexity index is 383. The van der Waals surface area contributed by atoms with Gasteiger partial charge in [-0.25, -0.2) is 0 Å². The van der Waals surface area contributed by atoms with E-state index in [4.69, 9.17) is 4.74 Å². The lowest BCUT2D eigenvalue weighted by molar-refractivity contribution is 0.395. The number of nitrogens with one attached hydrogen (secondary N) is 1. The van der Waals surface area contributed by atoms with Gasteiger partial charge in [0.25, 0.3) is 0 Å². The molecule has 1 saturated carbocycles. The van der Waals surface area contributed by atoms with E-state index in [0.717, 1.165) is 18.2 Å². The summed E-state index contributed by atoms with van der Waals surface area (Å²) in [6, 6.07) is 6.76. The van der Waals surface area contributed by atoms with Crippen LogP contribution in [0.2, 0.25) is 0 Å². The summed E-state index contributed by atoms with van der Waals surface area (Å²) in [6.45, 7) is 5.50. The van der Waals surface area contributed by atoms with Gasteiger partial charge in [0.2, 0.25) is 0 Å². The normalized spacial score (nSPS) is 17.9. The molecular formula is C16H25NO. The fraction of sp³-hybridized carbons (Fsp3) is 0.625. The van der Waals surface area contributed by atoms with Crippen LogP contribution in [0, 0.1) is 12.8 Å². The van der Waals surface area contributed by atoms with Crippen LogP contribution < -0.4 is 10.1 Å². The predicted molar refractivity (Wildman–Crippen MR) is 76.1 cm³/mol. The average Bonchev–Trinajstić information content (AvgIpc) is 2.89. The highest BCUT2D eigenvalue weighted by Gasteiger charge is 2.17. The van der Waals surface area contributed by atoms with Gasteiger partial charge in [-0.1, -0.05) is 30.5 Å². The maximum atomic E-state index is 5.45. The molecule has 1 N–H and O–H groups in total. The Hall–Kier alpha value is -1.02. The zero-order valence-corrected chi connectivity index (χ0v) is 11.8. The molecule has 2 rings (SSSR count). The van der Waals surface area contributed by atoms with Crippen LogP contribution in [0.5, 0.6) is 5.75 Å². The number of rotatable bonds is 5. The van der Waals surface area contributed by atoms with Gasteiger partial charge in [0.15, 0.2) is 0 Å². The Morgan fingerprint density at radius 2 is 2.06 bits per heavy atom. The van der Waals surface area contributed by atoms with Gasteiger partial charge in [0.05, 0.1) is 7.11 Å². The van der Waals surface area contributed by atoms with Crippen LogP contribution in [0.3, 0.4) is 0 Å². The highest BCUT2D eigenvalue weighted by molar-refractivity contribution is 5.38. The van der Waals surface area contributed by atoms with Crippen molar-refractivity contribution in [2.45, 2.75) is 45.6 Å². The molecule has 1 aliphatic rings. The highest BCUT2D eigenvalue weighted by atomic mass is 16.5. The largest absolute Gasteiger partial charge is 0.496 e. The minimum atomic E-state index is 0.362. The quantitative estimate of drug-likeness (QED) is 0.853. The Kier molecular flexibility index (Phi) is 4.65. The molecule has 0 heterocycles. The summed E-state index contributed by atoms with van der Waals surface area (Å²) in [5.41, 5.74) is 2.57. The van der Waals surface area contributed by atoms with Crippen LogP contribution in [0.4, 0.5) is 0 Å². The van der Waals surface area contributed by atoms with Crippen molar-refractivity contribution in [3.63, 3.8) is 0 Å². The fourth-order valence-corrected chi connectivity index (χ4v) is 2.86. The summed E-state index contributed by atoms with van der Waals surface area (Å²) in [7, 11) is 1.75. The van der Waals surface area contributed by atoms with Gasteiger partial charge < -0.3 is 10.1 Å². The van der Waals surface area contributed by atoms with E-state index in [9.17, 15) is 0 Å². The molecule has 1 unspecified atom stereocenters. The lowest BCUT2D eigenvalue weighted by Gasteiger charge is -2.20. The molecule has 18 heavy (non-hydrogen) atoms. The first kappa shape index (κ1) is 13.4. The van der Waals surface area contributed by atoms with Gasteiger partial charge in [-0.3, -0.25) is 0 Å². The van der Waals surface area contributed by atoms with Crippen molar-refractivity contribution in [2.75, 3.05) is 13.7 Å². The predicted octanol–water partition coefficient (Wildman–Crippen LogP) is 3.84. The minimum absolute atomic E-state index is 0.362. The second-order valence-corrected chi connectivity index (χ2v) is 5.53. The summed E-state index contributed by atoms with van der Waals surface area (Å²) < 4.78 is 5.45. The van der Waals surface area contributed by atoms with Gasteiger partial charge in [-0.05, 0) is 45.2 Å². The topological polar surface area (TPSA) is 21.3 Å². The summed E-state index contributed by atoms with van der Waals surface area (Å²) >= 11 is 0. The van der Waals surface area contributed by atoms with Crippen LogP contribution in [0.15, 0.2) is 18.2 Å². The minimum Gasteiger partial charge on any atom is -0.496 e. The second kappa shape index (κ2) is 6.24. The molecule has 2 heteroatoms. The Labute approximate surface area is 111 Å². The summed E-state index contributed by atoms with van der Waals surface area (Å²) in [6.07, 6.45) is 5.61. The summed E-state index contributed by atoms with van der Waals surface area (Å²) in [4.78, 5) is 0. The molecule has 1 aliphatic carbocycles. The maximum absolute atomic E-state index is 5.45. The number of hydrogen-bond donors (Lipinski definition) is 1. The molecule has 1 atom stereocenters. The molecule has 0 amide bonds. The Morgan fingerprint density at radius 3 is 2.72 bits per heavy atom. The van der Waals surface area contributed by atoms with Crippen molar-refractivity contribution in [1.29, 1.82) is 0 Å². The van der Waals surface area contributed by atoms with E-state index < -0.39 is 0 Å². The van der Waals surface area contributed by atoms with E-state index in [1.165, 1.54) is 36.8 Å². The zero-order chi connectivity index (χ0) is 13.0. The zero-order valence-electron chi connectivity index (χ0n) is 11.8. The molecule has 0 radical (unpaired) electrons. The van der Waals surface area contributed by atoms with Crippen molar-refractivity contribution in [3.05, 3.63) is 29.3 Å². The van der Waals surface area contributed by atoms with Gasteiger partial charge >= 0.3 is 0 Å². The SMILES string of the molecule is COc1ccc(C)cc1C(C)NCC1CCCC1. The number of methoxy groups -OCH3 is 1. The molecule has 0 aromatic heterocycles. The third-order valence-electron chi connectivity index (χ3n) is 4.04. The molecule has 0 spiro atoms. The molecule has 0 aliphatic heterocycles. The van der Waals surface area contributed by atoms with Gasteiger partial charge in [-0.2, -0.15) is 0 Å². The van der Waals surface area contributed by atoms with Gasteiger partial charge in [-0.15, -0.1) is 0 Å². The molecule has 1 aromatic rings. The molecule has 0 saturated heterocycles. The fourth-order valence-electron chi connectivity index (χ4n) is 2.86. The van der Waals surface area contributed by atoms with Gasteiger partial charge in [0, 0.05) is 11.6 Å². The highest BCUT2D eigenvalue weighted by Crippen LogP contribution is 2.28. The van der Waals surface area contributed by atoms with Crippen LogP contribution in [0.1, 0.15) is 49.8 Å². The summed E-state index contributed by atoms with van der Waals surface area (Å²) in [5.74, 6) is 1.87. The molecule has 2 nitrogen and oxygen atoms in total. The second-order valence-electron chi connectivity index (χ2n) is 5.53. The monoisotopic (exact) mass is 247 g/mol. The van der Waals surface area contributed by atoms with Crippen molar-refractivity contribution in [2.24, 2.45) is 5.92 Å². The molecule has 1 aromatic carbocycles. The third-order valence-corrected chi connectivity index (χ3v) is 4.04. The van der Waals surface area contributed by atoms with E-state index in [1.54, 1.807) is 7.11 Å². The average molecular weight is 247 g/mol. The number of benzene rings is 1. The number of ether oxygens (including phenoxy) is 1. The van der Waals surface area contributed by atoms with E-state index in [-0.39, 0.29) is 0 Å². The van der Waals surface area contributed by atoms with Crippen molar-refractivity contribution in [3.8, 4) is 5.75 Å². The smallest absolute Gasteiger partial charge is 0.123 e. The first-order valence-corrected chi connectivity index (χ1v) is 7.08. The van der Waals surface area contributed by atoms with Crippen LogP contribution in [0.25, 0.3) is 0 Å². The van der Waals surface area contributed by atoms with Crippen LogP contribution >= 0.6 is 0 Å². The first-order valence-electron chi connectivity index (χ1n) is 7.08. The lowest BCUT2D eigenvalue weighted by Crippen LogP contribution is -2.24. The lowest BCUT2D eigenvalue weighted by atomic mass is 10.0. The summed E-state index contributed by atoms with van der Waals surface area (Å²) in [5, 5.41) is 3.66. The first-order chi connectivity index (χ1) is 8.70. The third kappa shape index (κ3) is 3.26. The van der Waals surface area contributed by atoms with Crippen molar-refractivity contribution in [1.82, 2.24) is 5.32 Å². The van der Waals surface area contributed by atoms with E-state index in [1.807, 2.05) is 0 Å². The molecule has 100 valence electrons. The van der Waals surface area contributed by atoms with Crippen LogP contribution in [-0.4, -0.2) is 13.7 Å². The Balaban J connectivity index is 1.98.